The third-order valence-electron chi connectivity index (χ3n) is 6.03. The molecule has 0 spiro atoms. The van der Waals surface area contributed by atoms with Gasteiger partial charge in [0, 0.05) is 17.7 Å². The van der Waals surface area contributed by atoms with E-state index in [2.05, 4.69) is 0 Å². The van der Waals surface area contributed by atoms with Crippen molar-refractivity contribution in [3.05, 3.63) is 87.9 Å². The number of amides is 1. The van der Waals surface area contributed by atoms with Crippen molar-refractivity contribution in [3.63, 3.8) is 0 Å². The Kier molecular flexibility index (Phi) is 5.42. The van der Waals surface area contributed by atoms with Gasteiger partial charge in [-0.1, -0.05) is 29.8 Å². The molecule has 3 aromatic rings. The van der Waals surface area contributed by atoms with E-state index in [9.17, 15) is 19.8 Å². The summed E-state index contributed by atoms with van der Waals surface area (Å²) >= 11 is 6.24. The van der Waals surface area contributed by atoms with Gasteiger partial charge in [0.25, 0.3) is 11.7 Å². The maximum atomic E-state index is 13.3. The lowest BCUT2D eigenvalue weighted by Gasteiger charge is -2.26. The topological polar surface area (TPSA) is 96.3 Å². The highest BCUT2D eigenvalue weighted by atomic mass is 35.5. The normalized spacial score (nSPS) is 18.6. The molecule has 1 unspecified atom stereocenters. The van der Waals surface area contributed by atoms with Crippen molar-refractivity contribution in [2.75, 3.05) is 18.6 Å². The molecule has 0 saturated carbocycles. The second-order valence-corrected chi connectivity index (χ2v) is 8.39. The number of hydrogen-bond acceptors (Lipinski definition) is 6. The van der Waals surface area contributed by atoms with E-state index < -0.39 is 17.7 Å². The van der Waals surface area contributed by atoms with Crippen LogP contribution >= 0.6 is 11.6 Å². The van der Waals surface area contributed by atoms with Gasteiger partial charge < -0.3 is 19.7 Å². The highest BCUT2D eigenvalue weighted by Gasteiger charge is 2.47. The number of benzene rings is 3. The van der Waals surface area contributed by atoms with Gasteiger partial charge in [-0.05, 0) is 53.6 Å². The van der Waals surface area contributed by atoms with Gasteiger partial charge in [0.15, 0.2) is 11.5 Å². The average molecular weight is 478 g/mol. The summed E-state index contributed by atoms with van der Waals surface area (Å²) in [5.74, 6) is -1.37. The first kappa shape index (κ1) is 21.9. The summed E-state index contributed by atoms with van der Waals surface area (Å²) in [6.07, 6.45) is 0.684. The zero-order valence-electron chi connectivity index (χ0n) is 18.1. The van der Waals surface area contributed by atoms with Crippen molar-refractivity contribution in [2.24, 2.45) is 0 Å². The molecule has 3 aromatic carbocycles. The van der Waals surface area contributed by atoms with E-state index in [0.717, 1.165) is 11.3 Å². The number of carbonyl (C=O) groups is 2. The van der Waals surface area contributed by atoms with Gasteiger partial charge in [-0.3, -0.25) is 14.5 Å². The van der Waals surface area contributed by atoms with Crippen molar-refractivity contribution in [3.8, 4) is 17.2 Å². The number of nitrogens with zero attached hydrogens (tertiary/aromatic N) is 1. The Balaban J connectivity index is 1.74. The zero-order valence-corrected chi connectivity index (χ0v) is 18.9. The Morgan fingerprint density at radius 2 is 1.88 bits per heavy atom. The number of carbonyl (C=O) groups excluding carboxylic acids is 2. The summed E-state index contributed by atoms with van der Waals surface area (Å²) in [5.41, 5.74) is 2.09. The van der Waals surface area contributed by atoms with Crippen LogP contribution in [0.3, 0.4) is 0 Å². The van der Waals surface area contributed by atoms with Gasteiger partial charge in [-0.25, -0.2) is 0 Å². The third-order valence-corrected chi connectivity index (χ3v) is 6.32. The monoisotopic (exact) mass is 477 g/mol. The number of rotatable bonds is 4. The van der Waals surface area contributed by atoms with E-state index in [1.807, 2.05) is 0 Å². The second kappa shape index (κ2) is 8.43. The van der Waals surface area contributed by atoms with Crippen LogP contribution in [-0.2, 0) is 16.0 Å². The number of aromatic hydroxyl groups is 1. The van der Waals surface area contributed by atoms with Crippen LogP contribution < -0.4 is 14.4 Å². The first-order valence-corrected chi connectivity index (χ1v) is 11.0. The van der Waals surface area contributed by atoms with Gasteiger partial charge >= 0.3 is 0 Å². The molecule has 2 heterocycles. The van der Waals surface area contributed by atoms with E-state index in [1.54, 1.807) is 48.5 Å². The number of phenols is 1. The van der Waals surface area contributed by atoms with Crippen LogP contribution in [0.15, 0.2) is 66.2 Å². The van der Waals surface area contributed by atoms with Crippen LogP contribution in [0.25, 0.3) is 5.76 Å². The van der Waals surface area contributed by atoms with Gasteiger partial charge in [0.2, 0.25) is 0 Å². The Morgan fingerprint density at radius 1 is 1.12 bits per heavy atom. The molecule has 0 aliphatic carbocycles. The number of Topliss-reactive ketones (excluding diaryl/α,β-unsaturated/α-hetero) is 1. The van der Waals surface area contributed by atoms with Crippen molar-refractivity contribution < 1.29 is 29.3 Å². The number of ether oxygens (including phenoxy) is 2. The molecule has 1 fully saturated rings. The molecule has 1 amide bonds. The number of methoxy groups -OCH3 is 1. The van der Waals surface area contributed by atoms with Crippen LogP contribution in [0.2, 0.25) is 5.02 Å². The minimum absolute atomic E-state index is 0.0114. The summed E-state index contributed by atoms with van der Waals surface area (Å²) in [6, 6.07) is 15.8. The van der Waals surface area contributed by atoms with Crippen LogP contribution in [0.1, 0.15) is 22.7 Å². The molecule has 172 valence electrons. The highest BCUT2D eigenvalue weighted by molar-refractivity contribution is 6.51. The molecule has 2 aliphatic rings. The molecule has 2 aliphatic heterocycles. The van der Waals surface area contributed by atoms with Gasteiger partial charge in [0.05, 0.1) is 30.4 Å². The Morgan fingerprint density at radius 3 is 2.62 bits per heavy atom. The standard InChI is InChI=1S/C26H20ClNO6/c1-33-20-13-16(12-18(27)24(20)30)22-21(23(29)15-7-8-19-14(11-15)9-10-34-19)25(31)26(32)28(22)17-5-3-2-4-6-17/h2-8,11-13,22,29-30H,9-10H2,1H3/b23-21-. The Hall–Kier alpha value is -3.97. The predicted octanol–water partition coefficient (Wildman–Crippen LogP) is 4.62. The summed E-state index contributed by atoms with van der Waals surface area (Å²) in [5, 5.41) is 21.5. The van der Waals surface area contributed by atoms with Crippen LogP contribution in [-0.4, -0.2) is 35.6 Å². The Labute approximate surface area is 200 Å². The second-order valence-electron chi connectivity index (χ2n) is 7.98. The lowest BCUT2D eigenvalue weighted by molar-refractivity contribution is -0.132. The van der Waals surface area contributed by atoms with Crippen LogP contribution in [0, 0.1) is 0 Å². The molecule has 8 heteroatoms. The van der Waals surface area contributed by atoms with Gasteiger partial charge in [-0.15, -0.1) is 0 Å². The lowest BCUT2D eigenvalue weighted by atomic mass is 9.94. The number of halogens is 1. The molecule has 7 nitrogen and oxygen atoms in total. The molecule has 1 atom stereocenters. The molecular formula is C26H20ClNO6. The Bertz CT molecular complexity index is 1350. The summed E-state index contributed by atoms with van der Waals surface area (Å²) in [6.45, 7) is 0.545. The summed E-state index contributed by atoms with van der Waals surface area (Å²) in [4.78, 5) is 27.8. The first-order chi connectivity index (χ1) is 16.4. The van der Waals surface area contributed by atoms with E-state index >= 15 is 0 Å². The number of aliphatic hydroxyl groups excluding tert-OH is 1. The van der Waals surface area contributed by atoms with Crippen molar-refractivity contribution in [1.82, 2.24) is 0 Å². The highest BCUT2D eigenvalue weighted by Crippen LogP contribution is 2.46. The number of phenolic OH excluding ortho intramolecular Hbond substituents is 1. The summed E-state index contributed by atoms with van der Waals surface area (Å²) in [7, 11) is 1.37. The number of hydrogen-bond donors (Lipinski definition) is 2. The third kappa shape index (κ3) is 3.45. The first-order valence-electron chi connectivity index (χ1n) is 10.6. The quantitative estimate of drug-likeness (QED) is 0.323. The maximum Gasteiger partial charge on any atom is 0.300 e. The fourth-order valence-corrected chi connectivity index (χ4v) is 4.62. The number of fused-ring (bicyclic) bond motifs is 1. The van der Waals surface area contributed by atoms with E-state index in [-0.39, 0.29) is 27.9 Å². The largest absolute Gasteiger partial charge is 0.507 e. The van der Waals surface area contributed by atoms with Crippen molar-refractivity contribution in [1.29, 1.82) is 0 Å². The predicted molar refractivity (Wildman–Crippen MR) is 127 cm³/mol. The number of ketones is 1. The maximum absolute atomic E-state index is 13.3. The van der Waals surface area contributed by atoms with Crippen LogP contribution in [0.5, 0.6) is 17.2 Å². The number of para-hydroxylation sites is 1. The number of anilines is 1. The van der Waals surface area contributed by atoms with Gasteiger partial charge in [-0.2, -0.15) is 0 Å². The fourth-order valence-electron chi connectivity index (χ4n) is 4.40. The smallest absolute Gasteiger partial charge is 0.300 e. The van der Waals surface area contributed by atoms with E-state index in [0.29, 0.717) is 29.8 Å². The molecule has 2 N–H and O–H groups in total. The SMILES string of the molecule is COc1cc(C2/C(=C(/O)c3ccc4c(c3)CCO4)C(=O)C(=O)N2c2ccccc2)cc(Cl)c1O. The minimum Gasteiger partial charge on any atom is -0.507 e. The fraction of sp³-hybridized carbons (Fsp3) is 0.154. The van der Waals surface area contributed by atoms with Crippen molar-refractivity contribution in [2.45, 2.75) is 12.5 Å². The summed E-state index contributed by atoms with van der Waals surface area (Å²) < 4.78 is 10.8. The molecule has 0 bridgehead atoms. The van der Waals surface area contributed by atoms with Crippen LogP contribution in [0.4, 0.5) is 5.69 Å². The zero-order chi connectivity index (χ0) is 24.0. The van der Waals surface area contributed by atoms with E-state index in [1.165, 1.54) is 24.1 Å². The molecule has 0 radical (unpaired) electrons. The molecule has 5 rings (SSSR count). The average Bonchev–Trinajstić information content (AvgIpc) is 3.43. The number of aliphatic hydroxyl groups is 1. The van der Waals surface area contributed by atoms with Crippen molar-refractivity contribution >= 4 is 34.7 Å². The van der Waals surface area contributed by atoms with E-state index in [4.69, 9.17) is 21.1 Å². The molecule has 34 heavy (non-hydrogen) atoms. The molecular weight excluding hydrogens is 458 g/mol. The molecule has 0 aromatic heterocycles. The lowest BCUT2D eigenvalue weighted by Crippen LogP contribution is -2.29. The van der Waals surface area contributed by atoms with Gasteiger partial charge in [0.1, 0.15) is 11.5 Å². The minimum atomic E-state index is -1.00. The molecule has 1 saturated heterocycles.